The van der Waals surface area contributed by atoms with E-state index in [4.69, 9.17) is 4.74 Å². The fourth-order valence-electron chi connectivity index (χ4n) is 3.14. The molecule has 7 heteroatoms. The van der Waals surface area contributed by atoms with Crippen LogP contribution in [0.15, 0.2) is 73.1 Å². The molecule has 0 saturated heterocycles. The van der Waals surface area contributed by atoms with Crippen molar-refractivity contribution in [2.45, 2.75) is 0 Å². The van der Waals surface area contributed by atoms with Crippen LogP contribution in [0.3, 0.4) is 0 Å². The lowest BCUT2D eigenvalue weighted by Gasteiger charge is -2.13. The summed E-state index contributed by atoms with van der Waals surface area (Å²) >= 11 is 0. The zero-order valence-corrected chi connectivity index (χ0v) is 15.5. The van der Waals surface area contributed by atoms with Gasteiger partial charge in [-0.05, 0) is 42.5 Å². The first-order valence-corrected chi connectivity index (χ1v) is 8.82. The highest BCUT2D eigenvalue weighted by molar-refractivity contribution is 6.06. The lowest BCUT2D eigenvalue weighted by atomic mass is 10.1. The van der Waals surface area contributed by atoms with Gasteiger partial charge in [0.25, 0.3) is 5.91 Å². The van der Waals surface area contributed by atoms with Crippen LogP contribution in [0.1, 0.15) is 20.7 Å². The molecule has 1 aromatic heterocycles. The number of carboxylic acid groups (broad SMARTS) is 1. The number of methoxy groups -OCH3 is 1. The highest BCUT2D eigenvalue weighted by atomic mass is 16.5. The van der Waals surface area contributed by atoms with Crippen molar-refractivity contribution in [2.75, 3.05) is 12.4 Å². The van der Waals surface area contributed by atoms with Gasteiger partial charge in [0.1, 0.15) is 17.6 Å². The highest BCUT2D eigenvalue weighted by Gasteiger charge is 2.16. The van der Waals surface area contributed by atoms with Crippen LogP contribution in [0.5, 0.6) is 5.75 Å². The molecule has 0 fully saturated rings. The molecule has 0 aliphatic carbocycles. The van der Waals surface area contributed by atoms with Gasteiger partial charge in [0, 0.05) is 5.56 Å². The van der Waals surface area contributed by atoms with Crippen LogP contribution in [0.4, 0.5) is 5.69 Å². The van der Waals surface area contributed by atoms with Gasteiger partial charge >= 0.3 is 5.97 Å². The van der Waals surface area contributed by atoms with Crippen molar-refractivity contribution < 1.29 is 19.4 Å². The second kappa shape index (κ2) is 7.47. The smallest absolute Gasteiger partial charge is 0.339 e. The average Bonchev–Trinajstić information content (AvgIpc) is 3.17. The number of amides is 1. The van der Waals surface area contributed by atoms with Crippen LogP contribution in [0.2, 0.25) is 0 Å². The van der Waals surface area contributed by atoms with Crippen LogP contribution >= 0.6 is 0 Å². The van der Waals surface area contributed by atoms with Crippen molar-refractivity contribution in [3.05, 3.63) is 84.2 Å². The fraction of sp³-hybridized carbons (Fsp3) is 0.0455. The number of benzene rings is 3. The molecule has 1 heterocycles. The van der Waals surface area contributed by atoms with Crippen molar-refractivity contribution in [2.24, 2.45) is 0 Å². The van der Waals surface area contributed by atoms with Gasteiger partial charge in [-0.2, -0.15) is 0 Å². The molecule has 0 aliphatic heterocycles. The van der Waals surface area contributed by atoms with Crippen LogP contribution in [-0.2, 0) is 0 Å². The van der Waals surface area contributed by atoms with Crippen molar-refractivity contribution in [1.82, 2.24) is 9.55 Å². The maximum Gasteiger partial charge on any atom is 0.339 e. The molecule has 29 heavy (non-hydrogen) atoms. The van der Waals surface area contributed by atoms with E-state index in [0.717, 1.165) is 16.7 Å². The van der Waals surface area contributed by atoms with Gasteiger partial charge in [-0.3, -0.25) is 9.36 Å². The molecule has 0 saturated carbocycles. The third-order valence-electron chi connectivity index (χ3n) is 4.56. The lowest BCUT2D eigenvalue weighted by Crippen LogP contribution is -2.14. The number of nitrogens with one attached hydrogen (secondary N) is 1. The number of carboxylic acids is 1. The third kappa shape index (κ3) is 3.41. The van der Waals surface area contributed by atoms with E-state index < -0.39 is 5.97 Å². The maximum absolute atomic E-state index is 12.8. The van der Waals surface area contributed by atoms with Crippen molar-refractivity contribution >= 4 is 28.6 Å². The first-order valence-electron chi connectivity index (χ1n) is 8.82. The van der Waals surface area contributed by atoms with E-state index in [1.54, 1.807) is 12.4 Å². The fourth-order valence-corrected chi connectivity index (χ4v) is 3.14. The van der Waals surface area contributed by atoms with Crippen LogP contribution in [-0.4, -0.2) is 33.6 Å². The number of rotatable bonds is 5. The monoisotopic (exact) mass is 387 g/mol. The number of aromatic carboxylic acids is 1. The summed E-state index contributed by atoms with van der Waals surface area (Å²) < 4.78 is 7.01. The van der Waals surface area contributed by atoms with E-state index in [0.29, 0.717) is 5.69 Å². The number of carbonyl (C=O) groups excluding carboxylic acids is 1. The molecule has 4 rings (SSSR count). The summed E-state index contributed by atoms with van der Waals surface area (Å²) in [6.07, 6.45) is 1.71. The molecule has 0 bridgehead atoms. The topological polar surface area (TPSA) is 93.5 Å². The third-order valence-corrected chi connectivity index (χ3v) is 4.56. The number of imidazole rings is 1. The summed E-state index contributed by atoms with van der Waals surface area (Å²) in [5, 5.41) is 12.1. The number of aromatic nitrogens is 2. The van der Waals surface area contributed by atoms with E-state index in [1.165, 1.54) is 25.3 Å². The molecule has 2 N–H and O–H groups in total. The van der Waals surface area contributed by atoms with Crippen molar-refractivity contribution in [3.63, 3.8) is 0 Å². The highest BCUT2D eigenvalue weighted by Crippen LogP contribution is 2.26. The van der Waals surface area contributed by atoms with Crippen molar-refractivity contribution in [3.8, 4) is 11.4 Å². The van der Waals surface area contributed by atoms with Gasteiger partial charge in [-0.1, -0.05) is 24.3 Å². The SMILES string of the molecule is COc1cc(C(=O)Nc2ccccc2-n2cnc3ccccc32)ccc1C(=O)O. The first-order chi connectivity index (χ1) is 14.1. The molecule has 0 atom stereocenters. The Morgan fingerprint density at radius 2 is 1.79 bits per heavy atom. The van der Waals surface area contributed by atoms with Crippen LogP contribution in [0, 0.1) is 0 Å². The summed E-state index contributed by atoms with van der Waals surface area (Å²) in [6, 6.07) is 19.3. The molecular formula is C22H17N3O4. The summed E-state index contributed by atoms with van der Waals surface area (Å²) in [6.45, 7) is 0. The zero-order valence-electron chi connectivity index (χ0n) is 15.5. The Labute approximate surface area is 166 Å². The molecular weight excluding hydrogens is 370 g/mol. The van der Waals surface area contributed by atoms with Gasteiger partial charge in [0.15, 0.2) is 0 Å². The maximum atomic E-state index is 12.8. The summed E-state index contributed by atoms with van der Waals surface area (Å²) in [4.78, 5) is 28.5. The average molecular weight is 387 g/mol. The molecule has 144 valence electrons. The number of nitrogens with zero attached hydrogens (tertiary/aromatic N) is 2. The Morgan fingerprint density at radius 1 is 1.03 bits per heavy atom. The minimum atomic E-state index is -1.12. The molecule has 0 aliphatic rings. The van der Waals surface area contributed by atoms with E-state index in [9.17, 15) is 14.7 Å². The predicted octanol–water partition coefficient (Wildman–Crippen LogP) is 3.98. The minimum absolute atomic E-state index is 0.00524. The standard InChI is InChI=1S/C22H17N3O4/c1-29-20-12-14(10-11-15(20)22(27)28)21(26)24-17-7-3-5-9-19(17)25-13-23-16-6-2-4-8-18(16)25/h2-13H,1H3,(H,24,26)(H,27,28). The van der Waals surface area contributed by atoms with Gasteiger partial charge in [0.05, 0.1) is 29.5 Å². The number of hydrogen-bond donors (Lipinski definition) is 2. The lowest BCUT2D eigenvalue weighted by molar-refractivity contribution is 0.0692. The largest absolute Gasteiger partial charge is 0.496 e. The summed E-state index contributed by atoms with van der Waals surface area (Å²) in [5.41, 5.74) is 3.42. The van der Waals surface area contributed by atoms with Crippen LogP contribution < -0.4 is 10.1 Å². The number of anilines is 1. The molecule has 0 radical (unpaired) electrons. The molecule has 4 aromatic rings. The molecule has 3 aromatic carbocycles. The van der Waals surface area contributed by atoms with Crippen LogP contribution in [0.25, 0.3) is 16.7 Å². The Kier molecular flexibility index (Phi) is 4.70. The number of para-hydroxylation sites is 4. The van der Waals surface area contributed by atoms with E-state index in [1.807, 2.05) is 47.0 Å². The normalized spacial score (nSPS) is 10.7. The molecule has 0 unspecified atom stereocenters. The Bertz CT molecular complexity index is 1230. The summed E-state index contributed by atoms with van der Waals surface area (Å²) in [7, 11) is 1.36. The molecule has 0 spiro atoms. The van der Waals surface area contributed by atoms with Crippen molar-refractivity contribution in [1.29, 1.82) is 0 Å². The second-order valence-corrected chi connectivity index (χ2v) is 6.29. The minimum Gasteiger partial charge on any atom is -0.496 e. The Balaban J connectivity index is 1.69. The van der Waals surface area contributed by atoms with Gasteiger partial charge in [-0.25, -0.2) is 9.78 Å². The number of fused-ring (bicyclic) bond motifs is 1. The first kappa shape index (κ1) is 18.2. The number of ether oxygens (including phenoxy) is 1. The predicted molar refractivity (Wildman–Crippen MR) is 109 cm³/mol. The molecule has 1 amide bonds. The van der Waals surface area contributed by atoms with E-state index >= 15 is 0 Å². The van der Waals surface area contributed by atoms with Gasteiger partial charge < -0.3 is 15.2 Å². The van der Waals surface area contributed by atoms with Gasteiger partial charge in [0.2, 0.25) is 0 Å². The Hall–Kier alpha value is -4.13. The molecule has 7 nitrogen and oxygen atoms in total. The van der Waals surface area contributed by atoms with E-state index in [-0.39, 0.29) is 22.8 Å². The number of hydrogen-bond acceptors (Lipinski definition) is 4. The van der Waals surface area contributed by atoms with Gasteiger partial charge in [-0.15, -0.1) is 0 Å². The quantitative estimate of drug-likeness (QED) is 0.540. The number of carbonyl (C=O) groups is 2. The Morgan fingerprint density at radius 3 is 2.59 bits per heavy atom. The van der Waals surface area contributed by atoms with E-state index in [2.05, 4.69) is 10.3 Å². The summed E-state index contributed by atoms with van der Waals surface area (Å²) in [5.74, 6) is -1.37. The second-order valence-electron chi connectivity index (χ2n) is 6.29. The zero-order chi connectivity index (χ0) is 20.4.